The predicted molar refractivity (Wildman–Crippen MR) is 53.1 cm³/mol. The number of hydrogen-bond acceptors (Lipinski definition) is 1. The van der Waals surface area contributed by atoms with Gasteiger partial charge in [0.15, 0.2) is 0 Å². The SMILES string of the molecule is CS(=O)(O)(O)CC1CC2CCC1C2. The Balaban J connectivity index is 2.02. The van der Waals surface area contributed by atoms with Crippen LogP contribution in [0.2, 0.25) is 0 Å². The average molecular weight is 206 g/mol. The lowest BCUT2D eigenvalue weighted by atomic mass is 9.90. The fourth-order valence-electron chi connectivity index (χ4n) is 3.07. The molecule has 0 aromatic heterocycles. The topological polar surface area (TPSA) is 57.5 Å². The lowest BCUT2D eigenvalue weighted by Gasteiger charge is -2.32. The van der Waals surface area contributed by atoms with E-state index in [1.807, 2.05) is 0 Å². The van der Waals surface area contributed by atoms with Crippen LogP contribution in [0.15, 0.2) is 0 Å². The Morgan fingerprint density at radius 1 is 1.31 bits per heavy atom. The summed E-state index contributed by atoms with van der Waals surface area (Å²) in [6.45, 7) is 0. The molecule has 0 amide bonds. The van der Waals surface area contributed by atoms with Crippen molar-refractivity contribution in [1.29, 1.82) is 0 Å². The molecule has 13 heavy (non-hydrogen) atoms. The van der Waals surface area contributed by atoms with Gasteiger partial charge in [-0.3, -0.25) is 0 Å². The Hall–Kier alpha value is 0.0700. The van der Waals surface area contributed by atoms with E-state index in [1.54, 1.807) is 0 Å². The van der Waals surface area contributed by atoms with Gasteiger partial charge in [-0.05, 0) is 37.0 Å². The van der Waals surface area contributed by atoms with E-state index in [0.29, 0.717) is 11.8 Å². The van der Waals surface area contributed by atoms with E-state index >= 15 is 0 Å². The molecule has 0 spiro atoms. The zero-order valence-corrected chi connectivity index (χ0v) is 8.80. The van der Waals surface area contributed by atoms with Gasteiger partial charge in [0.25, 0.3) is 0 Å². The van der Waals surface area contributed by atoms with Crippen molar-refractivity contribution in [2.75, 3.05) is 12.0 Å². The molecule has 0 saturated heterocycles. The second-order valence-corrected chi connectivity index (χ2v) is 8.22. The van der Waals surface area contributed by atoms with Crippen molar-refractivity contribution in [2.45, 2.75) is 25.7 Å². The van der Waals surface area contributed by atoms with Crippen molar-refractivity contribution in [2.24, 2.45) is 17.8 Å². The molecule has 0 aromatic rings. The van der Waals surface area contributed by atoms with Crippen molar-refractivity contribution < 1.29 is 13.3 Å². The zero-order valence-electron chi connectivity index (χ0n) is 7.98. The summed E-state index contributed by atoms with van der Waals surface area (Å²) < 4.78 is 29.9. The fourth-order valence-corrected chi connectivity index (χ4v) is 4.47. The molecule has 2 fully saturated rings. The van der Waals surface area contributed by atoms with Gasteiger partial charge in [-0.2, -0.15) is 0 Å². The summed E-state index contributed by atoms with van der Waals surface area (Å²) in [4.78, 5) is 0. The first-order chi connectivity index (χ1) is 5.80. The average Bonchev–Trinajstić information content (AvgIpc) is 2.40. The Morgan fingerprint density at radius 2 is 2.00 bits per heavy atom. The fraction of sp³-hybridized carbons (Fsp3) is 1.00. The lowest BCUT2D eigenvalue weighted by molar-refractivity contribution is 0.329. The molecule has 3 unspecified atom stereocenters. The molecule has 2 aliphatic rings. The molecule has 4 heteroatoms. The monoisotopic (exact) mass is 206 g/mol. The molecule has 78 valence electrons. The third kappa shape index (κ3) is 2.30. The van der Waals surface area contributed by atoms with Gasteiger partial charge in [-0.1, -0.05) is 6.42 Å². The zero-order chi connectivity index (χ0) is 9.71. The van der Waals surface area contributed by atoms with E-state index in [2.05, 4.69) is 0 Å². The standard InChI is InChI=1S/C9H18O3S/c1-13(10,11,12)6-9-5-7-2-3-8(9)4-7/h7-9H,2-6H2,1H3,(H2,10,11,12). The van der Waals surface area contributed by atoms with Crippen LogP contribution >= 0.6 is 0 Å². The van der Waals surface area contributed by atoms with Gasteiger partial charge in [0.05, 0.1) is 9.63 Å². The van der Waals surface area contributed by atoms with Crippen LogP contribution in [-0.2, 0) is 9.63 Å². The highest BCUT2D eigenvalue weighted by molar-refractivity contribution is 8.09. The van der Waals surface area contributed by atoms with E-state index in [0.717, 1.165) is 18.6 Å². The second kappa shape index (κ2) is 2.55. The second-order valence-electron chi connectivity index (χ2n) is 5.03. The minimum absolute atomic E-state index is 0.0956. The van der Waals surface area contributed by atoms with E-state index in [4.69, 9.17) is 0 Å². The smallest absolute Gasteiger partial charge is 0.0801 e. The number of fused-ring (bicyclic) bond motifs is 2. The van der Waals surface area contributed by atoms with Crippen molar-refractivity contribution in [3.63, 3.8) is 0 Å². The molecular formula is C9H18O3S. The van der Waals surface area contributed by atoms with Crippen LogP contribution in [0.5, 0.6) is 0 Å². The Bertz CT molecular complexity index is 270. The summed E-state index contributed by atoms with van der Waals surface area (Å²) >= 11 is 0. The van der Waals surface area contributed by atoms with Gasteiger partial charge in [-0.15, -0.1) is 0 Å². The van der Waals surface area contributed by atoms with Crippen molar-refractivity contribution in [3.05, 3.63) is 0 Å². The predicted octanol–water partition coefficient (Wildman–Crippen LogP) is 1.82. The van der Waals surface area contributed by atoms with Crippen LogP contribution in [0.3, 0.4) is 0 Å². The van der Waals surface area contributed by atoms with E-state index in [1.165, 1.54) is 19.3 Å². The molecule has 2 saturated carbocycles. The maximum absolute atomic E-state index is 11.3. The van der Waals surface area contributed by atoms with Crippen LogP contribution < -0.4 is 0 Å². The quantitative estimate of drug-likeness (QED) is 0.724. The molecule has 3 atom stereocenters. The first kappa shape index (κ1) is 9.62. The van der Waals surface area contributed by atoms with Crippen LogP contribution in [0.1, 0.15) is 25.7 Å². The first-order valence-electron chi connectivity index (χ1n) is 4.92. The number of hydrogen-bond donors (Lipinski definition) is 2. The molecule has 0 aromatic carbocycles. The Kier molecular flexibility index (Phi) is 1.89. The van der Waals surface area contributed by atoms with Crippen LogP contribution in [0.25, 0.3) is 0 Å². The minimum Gasteiger partial charge on any atom is -0.308 e. The molecular weight excluding hydrogens is 188 g/mol. The van der Waals surface area contributed by atoms with Gasteiger partial charge in [0.1, 0.15) is 0 Å². The maximum atomic E-state index is 11.3. The van der Waals surface area contributed by atoms with E-state index in [9.17, 15) is 13.3 Å². The largest absolute Gasteiger partial charge is 0.308 e. The highest BCUT2D eigenvalue weighted by Crippen LogP contribution is 2.49. The third-order valence-corrected chi connectivity index (χ3v) is 4.68. The first-order valence-corrected chi connectivity index (χ1v) is 7.38. The van der Waals surface area contributed by atoms with E-state index < -0.39 is 9.63 Å². The lowest BCUT2D eigenvalue weighted by Crippen LogP contribution is -2.38. The molecule has 2 N–H and O–H groups in total. The maximum Gasteiger partial charge on any atom is 0.0801 e. The Morgan fingerprint density at radius 3 is 2.38 bits per heavy atom. The van der Waals surface area contributed by atoms with Crippen LogP contribution in [0.4, 0.5) is 0 Å². The van der Waals surface area contributed by atoms with Crippen molar-refractivity contribution in [1.82, 2.24) is 0 Å². The summed E-state index contributed by atoms with van der Waals surface area (Å²) in [5.41, 5.74) is 0. The normalized spacial score (nSPS) is 41.8. The highest BCUT2D eigenvalue weighted by Gasteiger charge is 2.43. The molecule has 0 aliphatic heterocycles. The summed E-state index contributed by atoms with van der Waals surface area (Å²) in [5, 5.41) is 0. The molecule has 2 aliphatic carbocycles. The minimum atomic E-state index is -4.23. The van der Waals surface area contributed by atoms with Gasteiger partial charge in [-0.25, -0.2) is 4.21 Å². The summed E-state index contributed by atoms with van der Waals surface area (Å²) in [6, 6.07) is 0. The molecule has 2 rings (SSSR count). The third-order valence-electron chi connectivity index (χ3n) is 3.48. The van der Waals surface area contributed by atoms with E-state index in [-0.39, 0.29) is 5.75 Å². The van der Waals surface area contributed by atoms with Gasteiger partial charge < -0.3 is 9.11 Å². The highest BCUT2D eigenvalue weighted by atomic mass is 32.3. The number of rotatable bonds is 2. The molecule has 0 radical (unpaired) electrons. The van der Waals surface area contributed by atoms with Crippen LogP contribution in [-0.4, -0.2) is 25.3 Å². The van der Waals surface area contributed by atoms with Crippen LogP contribution in [0, 0.1) is 17.8 Å². The van der Waals surface area contributed by atoms with Crippen molar-refractivity contribution >= 4 is 9.63 Å². The summed E-state index contributed by atoms with van der Waals surface area (Å²) in [5.74, 6) is 1.76. The molecule has 2 bridgehead atoms. The van der Waals surface area contributed by atoms with Gasteiger partial charge in [0.2, 0.25) is 0 Å². The van der Waals surface area contributed by atoms with Crippen molar-refractivity contribution in [3.8, 4) is 0 Å². The Labute approximate surface area is 79.0 Å². The summed E-state index contributed by atoms with van der Waals surface area (Å²) in [6.07, 6.45) is 5.82. The molecule has 0 heterocycles. The van der Waals surface area contributed by atoms with Gasteiger partial charge >= 0.3 is 0 Å². The summed E-state index contributed by atoms with van der Waals surface area (Å²) in [7, 11) is -4.23. The molecule has 3 nitrogen and oxygen atoms in total. The van der Waals surface area contributed by atoms with Gasteiger partial charge in [0, 0.05) is 12.0 Å².